The molecule has 0 aliphatic rings. The molecule has 0 bridgehead atoms. The van der Waals surface area contributed by atoms with Crippen molar-refractivity contribution >= 4 is 0 Å². The number of aromatic hydroxyl groups is 1. The van der Waals surface area contributed by atoms with Gasteiger partial charge >= 0.3 is 0 Å². The molecule has 1 aromatic carbocycles. The second kappa shape index (κ2) is 4.72. The van der Waals surface area contributed by atoms with Crippen LogP contribution in [0.15, 0.2) is 18.2 Å². The average Bonchev–Trinajstić information content (AvgIpc) is 2.15. The van der Waals surface area contributed by atoms with E-state index in [9.17, 15) is 5.11 Å². The van der Waals surface area contributed by atoms with Crippen molar-refractivity contribution in [2.75, 3.05) is 13.7 Å². The number of phenolic OH excluding ortho intramolecular Hbond substituents is 1. The van der Waals surface area contributed by atoms with Gasteiger partial charge in [-0.25, -0.2) is 0 Å². The molecule has 1 aromatic rings. The minimum absolute atomic E-state index is 0.152. The fourth-order valence-corrected chi connectivity index (χ4v) is 1.23. The first kappa shape index (κ1) is 9.86. The maximum Gasteiger partial charge on any atom is 0.122 e. The minimum Gasteiger partial charge on any atom is -0.508 e. The van der Waals surface area contributed by atoms with E-state index in [4.69, 9.17) is 9.84 Å². The zero-order chi connectivity index (χ0) is 9.68. The third-order valence-corrected chi connectivity index (χ3v) is 1.87. The Morgan fingerprint density at radius 3 is 2.77 bits per heavy atom. The number of methoxy groups -OCH3 is 1. The molecule has 0 saturated heterocycles. The lowest BCUT2D eigenvalue weighted by Gasteiger charge is -2.07. The summed E-state index contributed by atoms with van der Waals surface area (Å²) in [6, 6.07) is 4.97. The van der Waals surface area contributed by atoms with Crippen molar-refractivity contribution in [3.63, 3.8) is 0 Å². The lowest BCUT2D eigenvalue weighted by Crippen LogP contribution is -1.94. The van der Waals surface area contributed by atoms with Gasteiger partial charge in [-0.3, -0.25) is 0 Å². The molecule has 0 unspecified atom stereocenters. The van der Waals surface area contributed by atoms with Crippen LogP contribution in [0.5, 0.6) is 11.5 Å². The molecule has 3 heteroatoms. The Kier molecular flexibility index (Phi) is 3.58. The maximum absolute atomic E-state index is 9.21. The van der Waals surface area contributed by atoms with Crippen LogP contribution < -0.4 is 4.74 Å². The van der Waals surface area contributed by atoms with Gasteiger partial charge in [0.15, 0.2) is 0 Å². The van der Waals surface area contributed by atoms with Crippen molar-refractivity contribution in [1.82, 2.24) is 0 Å². The molecule has 0 atom stereocenters. The lowest BCUT2D eigenvalue weighted by molar-refractivity contribution is 0.287. The van der Waals surface area contributed by atoms with Crippen molar-refractivity contribution in [1.29, 1.82) is 0 Å². The monoisotopic (exact) mass is 182 g/mol. The number of ether oxygens (including phenoxy) is 1. The topological polar surface area (TPSA) is 49.7 Å². The van der Waals surface area contributed by atoms with Gasteiger partial charge in [0.05, 0.1) is 7.11 Å². The van der Waals surface area contributed by atoms with Gasteiger partial charge in [-0.05, 0) is 36.6 Å². The van der Waals surface area contributed by atoms with E-state index in [2.05, 4.69) is 0 Å². The molecule has 0 aliphatic carbocycles. The van der Waals surface area contributed by atoms with Crippen LogP contribution in [-0.4, -0.2) is 23.9 Å². The van der Waals surface area contributed by atoms with Gasteiger partial charge < -0.3 is 14.9 Å². The normalized spacial score (nSPS) is 10.0. The number of hydrogen-bond acceptors (Lipinski definition) is 3. The van der Waals surface area contributed by atoms with Gasteiger partial charge in [0.25, 0.3) is 0 Å². The van der Waals surface area contributed by atoms with E-state index in [0.29, 0.717) is 12.8 Å². The fourth-order valence-electron chi connectivity index (χ4n) is 1.23. The highest BCUT2D eigenvalue weighted by Gasteiger charge is 2.02. The largest absolute Gasteiger partial charge is 0.508 e. The molecular weight excluding hydrogens is 168 g/mol. The maximum atomic E-state index is 9.21. The summed E-state index contributed by atoms with van der Waals surface area (Å²) in [4.78, 5) is 0. The van der Waals surface area contributed by atoms with E-state index < -0.39 is 0 Å². The summed E-state index contributed by atoms with van der Waals surface area (Å²) in [5.74, 6) is 0.986. The molecule has 0 amide bonds. The molecule has 2 N–H and O–H groups in total. The van der Waals surface area contributed by atoms with Gasteiger partial charge in [-0.15, -0.1) is 0 Å². The molecule has 0 aromatic heterocycles. The fraction of sp³-hybridized carbons (Fsp3) is 0.400. The Hall–Kier alpha value is -1.22. The summed E-state index contributed by atoms with van der Waals surface area (Å²) >= 11 is 0. The second-order valence-electron chi connectivity index (χ2n) is 2.82. The van der Waals surface area contributed by atoms with E-state index >= 15 is 0 Å². The first-order valence-corrected chi connectivity index (χ1v) is 4.24. The summed E-state index contributed by atoms with van der Waals surface area (Å²) < 4.78 is 5.10. The Balaban J connectivity index is 2.81. The number of phenols is 1. The average molecular weight is 182 g/mol. The zero-order valence-electron chi connectivity index (χ0n) is 7.66. The van der Waals surface area contributed by atoms with E-state index in [0.717, 1.165) is 11.3 Å². The van der Waals surface area contributed by atoms with Crippen LogP contribution >= 0.6 is 0 Å². The van der Waals surface area contributed by atoms with Crippen molar-refractivity contribution in [3.8, 4) is 11.5 Å². The molecule has 3 nitrogen and oxygen atoms in total. The highest BCUT2D eigenvalue weighted by molar-refractivity contribution is 5.39. The Morgan fingerprint density at radius 2 is 2.15 bits per heavy atom. The summed E-state index contributed by atoms with van der Waals surface area (Å²) in [7, 11) is 1.59. The first-order valence-electron chi connectivity index (χ1n) is 4.24. The summed E-state index contributed by atoms with van der Waals surface area (Å²) in [6.07, 6.45) is 1.40. The summed E-state index contributed by atoms with van der Waals surface area (Å²) in [5.41, 5.74) is 0.927. The van der Waals surface area contributed by atoms with Crippen molar-refractivity contribution in [2.45, 2.75) is 12.8 Å². The number of aliphatic hydroxyl groups is 1. The molecule has 72 valence electrons. The van der Waals surface area contributed by atoms with Crippen LogP contribution in [0.1, 0.15) is 12.0 Å². The van der Waals surface area contributed by atoms with Gasteiger partial charge in [-0.2, -0.15) is 0 Å². The minimum atomic E-state index is 0.152. The summed E-state index contributed by atoms with van der Waals surface area (Å²) in [5, 5.41) is 17.9. The molecule has 0 saturated carbocycles. The number of benzene rings is 1. The smallest absolute Gasteiger partial charge is 0.122 e. The Bertz CT molecular complexity index is 271. The van der Waals surface area contributed by atoms with E-state index in [1.54, 1.807) is 25.3 Å². The predicted octanol–water partition coefficient (Wildman–Crippen LogP) is 1.33. The lowest BCUT2D eigenvalue weighted by atomic mass is 10.1. The standard InChI is InChI=1S/C10H14O3/c1-13-10-5-4-9(12)7-8(10)3-2-6-11/h4-5,7,11-12H,2-3,6H2,1H3. The number of hydrogen-bond donors (Lipinski definition) is 2. The third kappa shape index (κ3) is 2.63. The molecule has 13 heavy (non-hydrogen) atoms. The highest BCUT2D eigenvalue weighted by Crippen LogP contribution is 2.24. The van der Waals surface area contributed by atoms with Crippen molar-refractivity contribution < 1.29 is 14.9 Å². The van der Waals surface area contributed by atoms with Gasteiger partial charge in [0.2, 0.25) is 0 Å². The molecule has 0 aliphatic heterocycles. The van der Waals surface area contributed by atoms with Gasteiger partial charge in [0.1, 0.15) is 11.5 Å². The van der Waals surface area contributed by atoms with Gasteiger partial charge in [-0.1, -0.05) is 0 Å². The van der Waals surface area contributed by atoms with E-state index in [1.165, 1.54) is 0 Å². The molecule has 0 radical (unpaired) electrons. The molecule has 1 rings (SSSR count). The van der Waals surface area contributed by atoms with Crippen molar-refractivity contribution in [3.05, 3.63) is 23.8 Å². The predicted molar refractivity (Wildman–Crippen MR) is 50.1 cm³/mol. The SMILES string of the molecule is COc1ccc(O)cc1CCCO. The van der Waals surface area contributed by atoms with Crippen LogP contribution in [-0.2, 0) is 6.42 Å². The van der Waals surface area contributed by atoms with Crippen LogP contribution in [0.3, 0.4) is 0 Å². The van der Waals surface area contributed by atoms with Crippen LogP contribution in [0, 0.1) is 0 Å². The zero-order valence-corrected chi connectivity index (χ0v) is 7.66. The number of rotatable bonds is 4. The summed E-state index contributed by atoms with van der Waals surface area (Å²) in [6.45, 7) is 0.152. The molecule has 0 heterocycles. The van der Waals surface area contributed by atoms with Crippen LogP contribution in [0.4, 0.5) is 0 Å². The van der Waals surface area contributed by atoms with E-state index in [1.807, 2.05) is 0 Å². The quantitative estimate of drug-likeness (QED) is 0.738. The highest BCUT2D eigenvalue weighted by atomic mass is 16.5. The first-order chi connectivity index (χ1) is 6.27. The molecular formula is C10H14O3. The Labute approximate surface area is 77.6 Å². The molecule has 0 spiro atoms. The Morgan fingerprint density at radius 1 is 1.38 bits per heavy atom. The number of aryl methyl sites for hydroxylation is 1. The third-order valence-electron chi connectivity index (χ3n) is 1.87. The van der Waals surface area contributed by atoms with Crippen LogP contribution in [0.2, 0.25) is 0 Å². The second-order valence-corrected chi connectivity index (χ2v) is 2.82. The van der Waals surface area contributed by atoms with Crippen molar-refractivity contribution in [2.24, 2.45) is 0 Å². The van der Waals surface area contributed by atoms with Gasteiger partial charge in [0, 0.05) is 6.61 Å². The number of aliphatic hydroxyl groups excluding tert-OH is 1. The van der Waals surface area contributed by atoms with Crippen LogP contribution in [0.25, 0.3) is 0 Å². The van der Waals surface area contributed by atoms with E-state index in [-0.39, 0.29) is 12.4 Å². The molecule has 0 fully saturated rings.